The van der Waals surface area contributed by atoms with Crippen LogP contribution in [0, 0.1) is 0 Å². The van der Waals surface area contributed by atoms with Crippen LogP contribution in [-0.4, -0.2) is 36.6 Å². The van der Waals surface area contributed by atoms with Crippen LogP contribution in [0.2, 0.25) is 10.0 Å². The van der Waals surface area contributed by atoms with Gasteiger partial charge in [-0.3, -0.25) is 9.69 Å². The standard InChI is InChI=1S/C14H18Cl2N2O2/c15-12-3-1-10(7-13(12)16)8-18-5-6-20-11(9-18)2-4-14(17)19/h1,3,7,11H,2,4-6,8-9H2,(H2,17,19). The van der Waals surface area contributed by atoms with E-state index in [0.717, 1.165) is 25.2 Å². The zero-order valence-electron chi connectivity index (χ0n) is 11.1. The van der Waals surface area contributed by atoms with Crippen molar-refractivity contribution in [2.75, 3.05) is 19.7 Å². The molecule has 0 spiro atoms. The number of carbonyl (C=O) groups is 1. The highest BCUT2D eigenvalue weighted by atomic mass is 35.5. The zero-order chi connectivity index (χ0) is 14.5. The first-order valence-corrected chi connectivity index (χ1v) is 7.36. The Hall–Kier alpha value is -0.810. The molecule has 1 aromatic rings. The van der Waals surface area contributed by atoms with E-state index in [1.165, 1.54) is 0 Å². The third-order valence-corrected chi connectivity index (χ3v) is 4.06. The molecule has 2 N–H and O–H groups in total. The fourth-order valence-electron chi connectivity index (χ4n) is 2.30. The van der Waals surface area contributed by atoms with E-state index in [1.807, 2.05) is 18.2 Å². The molecule has 6 heteroatoms. The average Bonchev–Trinajstić information content (AvgIpc) is 2.41. The van der Waals surface area contributed by atoms with E-state index in [2.05, 4.69) is 4.90 Å². The predicted octanol–water partition coefficient (Wildman–Crippen LogP) is 2.46. The van der Waals surface area contributed by atoms with Crippen LogP contribution in [-0.2, 0) is 16.1 Å². The molecule has 1 fully saturated rings. The molecule has 1 amide bonds. The van der Waals surface area contributed by atoms with Crippen molar-refractivity contribution in [1.82, 2.24) is 4.90 Å². The number of primary amides is 1. The number of hydrogen-bond donors (Lipinski definition) is 1. The molecule has 1 heterocycles. The summed E-state index contributed by atoms with van der Waals surface area (Å²) in [5.74, 6) is -0.282. The molecule has 0 radical (unpaired) electrons. The Kier molecular flexibility index (Phi) is 5.66. The highest BCUT2D eigenvalue weighted by Crippen LogP contribution is 2.23. The van der Waals surface area contributed by atoms with Gasteiger partial charge in [0.05, 0.1) is 22.8 Å². The van der Waals surface area contributed by atoms with Crippen molar-refractivity contribution in [2.24, 2.45) is 5.73 Å². The van der Waals surface area contributed by atoms with Gasteiger partial charge in [0.25, 0.3) is 0 Å². The number of hydrogen-bond acceptors (Lipinski definition) is 3. The molecule has 1 saturated heterocycles. The fourth-order valence-corrected chi connectivity index (χ4v) is 2.62. The van der Waals surface area contributed by atoms with Crippen LogP contribution in [0.4, 0.5) is 0 Å². The minimum atomic E-state index is -0.282. The molecular weight excluding hydrogens is 299 g/mol. The molecule has 1 unspecified atom stereocenters. The number of rotatable bonds is 5. The van der Waals surface area contributed by atoms with Crippen molar-refractivity contribution in [3.8, 4) is 0 Å². The van der Waals surface area contributed by atoms with Gasteiger partial charge in [0.15, 0.2) is 0 Å². The van der Waals surface area contributed by atoms with Crippen molar-refractivity contribution in [3.63, 3.8) is 0 Å². The summed E-state index contributed by atoms with van der Waals surface area (Å²) in [5, 5.41) is 1.14. The van der Waals surface area contributed by atoms with Gasteiger partial charge >= 0.3 is 0 Å². The molecular formula is C14H18Cl2N2O2. The molecule has 0 aliphatic carbocycles. The molecule has 1 atom stereocenters. The number of amides is 1. The normalized spacial score (nSPS) is 20.0. The second-order valence-electron chi connectivity index (χ2n) is 4.98. The molecule has 110 valence electrons. The third-order valence-electron chi connectivity index (χ3n) is 3.33. The second-order valence-corrected chi connectivity index (χ2v) is 5.80. The van der Waals surface area contributed by atoms with Crippen molar-refractivity contribution < 1.29 is 9.53 Å². The van der Waals surface area contributed by atoms with Gasteiger partial charge in [-0.05, 0) is 24.1 Å². The van der Waals surface area contributed by atoms with E-state index in [0.29, 0.717) is 29.5 Å². The van der Waals surface area contributed by atoms with E-state index in [9.17, 15) is 4.79 Å². The smallest absolute Gasteiger partial charge is 0.217 e. The van der Waals surface area contributed by atoms with E-state index >= 15 is 0 Å². The van der Waals surface area contributed by atoms with Crippen molar-refractivity contribution in [3.05, 3.63) is 33.8 Å². The van der Waals surface area contributed by atoms with Gasteiger partial charge in [-0.25, -0.2) is 0 Å². The summed E-state index contributed by atoms with van der Waals surface area (Å²) in [7, 11) is 0. The Morgan fingerprint density at radius 2 is 2.20 bits per heavy atom. The van der Waals surface area contributed by atoms with E-state index in [-0.39, 0.29) is 12.0 Å². The van der Waals surface area contributed by atoms with Crippen LogP contribution in [0.15, 0.2) is 18.2 Å². The molecule has 1 aromatic carbocycles. The largest absolute Gasteiger partial charge is 0.376 e. The Morgan fingerprint density at radius 1 is 1.40 bits per heavy atom. The lowest BCUT2D eigenvalue weighted by molar-refractivity contribution is -0.119. The van der Waals surface area contributed by atoms with Gasteiger partial charge in [0, 0.05) is 26.1 Å². The maximum Gasteiger partial charge on any atom is 0.217 e. The minimum absolute atomic E-state index is 0.0685. The van der Waals surface area contributed by atoms with E-state index in [4.69, 9.17) is 33.7 Å². The van der Waals surface area contributed by atoms with Gasteiger partial charge in [0.2, 0.25) is 5.91 Å². The van der Waals surface area contributed by atoms with Gasteiger partial charge in [-0.15, -0.1) is 0 Å². The molecule has 1 aliphatic heterocycles. The highest BCUT2D eigenvalue weighted by molar-refractivity contribution is 6.42. The van der Waals surface area contributed by atoms with Crippen molar-refractivity contribution >= 4 is 29.1 Å². The van der Waals surface area contributed by atoms with Gasteiger partial charge < -0.3 is 10.5 Å². The number of carbonyl (C=O) groups excluding carboxylic acids is 1. The molecule has 0 aromatic heterocycles. The van der Waals surface area contributed by atoms with Gasteiger partial charge in [-0.2, -0.15) is 0 Å². The molecule has 0 saturated carbocycles. The van der Waals surface area contributed by atoms with Crippen LogP contribution in [0.1, 0.15) is 18.4 Å². The lowest BCUT2D eigenvalue weighted by atomic mass is 10.1. The molecule has 1 aliphatic rings. The topological polar surface area (TPSA) is 55.6 Å². The highest BCUT2D eigenvalue weighted by Gasteiger charge is 2.21. The second kappa shape index (κ2) is 7.27. The Labute approximate surface area is 128 Å². The quantitative estimate of drug-likeness (QED) is 0.907. The Balaban J connectivity index is 1.88. The van der Waals surface area contributed by atoms with E-state index < -0.39 is 0 Å². The summed E-state index contributed by atoms with van der Waals surface area (Å²) in [6, 6.07) is 5.67. The summed E-state index contributed by atoms with van der Waals surface area (Å²) in [6.45, 7) is 3.14. The summed E-state index contributed by atoms with van der Waals surface area (Å²) in [5.41, 5.74) is 6.28. The van der Waals surface area contributed by atoms with Gasteiger partial charge in [-0.1, -0.05) is 29.3 Å². The number of benzene rings is 1. The van der Waals surface area contributed by atoms with Crippen LogP contribution in [0.25, 0.3) is 0 Å². The predicted molar refractivity (Wildman–Crippen MR) is 79.9 cm³/mol. The Morgan fingerprint density at radius 3 is 2.90 bits per heavy atom. The van der Waals surface area contributed by atoms with Gasteiger partial charge in [0.1, 0.15) is 0 Å². The van der Waals surface area contributed by atoms with Crippen LogP contribution >= 0.6 is 23.2 Å². The van der Waals surface area contributed by atoms with Crippen molar-refractivity contribution in [2.45, 2.75) is 25.5 Å². The first-order valence-electron chi connectivity index (χ1n) is 6.61. The first kappa shape index (κ1) is 15.6. The number of nitrogens with two attached hydrogens (primary N) is 1. The monoisotopic (exact) mass is 316 g/mol. The number of morpholine rings is 1. The third kappa shape index (κ3) is 4.63. The lowest BCUT2D eigenvalue weighted by Gasteiger charge is -2.32. The van der Waals surface area contributed by atoms with Crippen LogP contribution in [0.5, 0.6) is 0 Å². The molecule has 2 rings (SSSR count). The van der Waals surface area contributed by atoms with E-state index in [1.54, 1.807) is 0 Å². The maximum absolute atomic E-state index is 10.8. The summed E-state index contributed by atoms with van der Waals surface area (Å²) < 4.78 is 5.64. The molecule has 20 heavy (non-hydrogen) atoms. The van der Waals surface area contributed by atoms with Crippen LogP contribution < -0.4 is 5.73 Å². The number of nitrogens with zero attached hydrogens (tertiary/aromatic N) is 1. The summed E-state index contributed by atoms with van der Waals surface area (Å²) >= 11 is 11.9. The Bertz CT molecular complexity index is 482. The average molecular weight is 317 g/mol. The molecule has 0 bridgehead atoms. The maximum atomic E-state index is 10.8. The SMILES string of the molecule is NC(=O)CCC1CN(Cc2ccc(Cl)c(Cl)c2)CCO1. The first-order chi connectivity index (χ1) is 9.54. The summed E-state index contributed by atoms with van der Waals surface area (Å²) in [6.07, 6.45) is 1.11. The fraction of sp³-hybridized carbons (Fsp3) is 0.500. The number of ether oxygens (including phenoxy) is 1. The number of halogens is 2. The minimum Gasteiger partial charge on any atom is -0.376 e. The van der Waals surface area contributed by atoms with Crippen LogP contribution in [0.3, 0.4) is 0 Å². The lowest BCUT2D eigenvalue weighted by Crippen LogP contribution is -2.42. The zero-order valence-corrected chi connectivity index (χ0v) is 12.7. The van der Waals surface area contributed by atoms with Crippen molar-refractivity contribution in [1.29, 1.82) is 0 Å². The summed E-state index contributed by atoms with van der Waals surface area (Å²) in [4.78, 5) is 13.1. The molecule has 4 nitrogen and oxygen atoms in total.